The average molecular weight is 281 g/mol. The topological polar surface area (TPSA) is 31.9 Å². The van der Waals surface area contributed by atoms with E-state index in [2.05, 4.69) is 72.3 Å². The third-order valence-corrected chi connectivity index (χ3v) is 3.77. The first-order valence-corrected chi connectivity index (χ1v) is 6.83. The SMILES string of the molecule is C.Cc1[nH]cnc1Cc1ccc(N(C)C)c2ccccc12. The Hall–Kier alpha value is -2.29. The van der Waals surface area contributed by atoms with E-state index < -0.39 is 0 Å². The van der Waals surface area contributed by atoms with Crippen LogP contribution in [0.2, 0.25) is 0 Å². The van der Waals surface area contributed by atoms with Gasteiger partial charge in [-0.25, -0.2) is 4.98 Å². The lowest BCUT2D eigenvalue weighted by Crippen LogP contribution is -2.09. The zero-order valence-corrected chi connectivity index (χ0v) is 12.1. The van der Waals surface area contributed by atoms with Crippen molar-refractivity contribution >= 4 is 16.5 Å². The van der Waals surface area contributed by atoms with Gasteiger partial charge in [0.05, 0.1) is 12.0 Å². The van der Waals surface area contributed by atoms with Crippen LogP contribution in [0.3, 0.4) is 0 Å². The van der Waals surface area contributed by atoms with Crippen LogP contribution in [0.15, 0.2) is 42.7 Å². The van der Waals surface area contributed by atoms with Gasteiger partial charge in [0.2, 0.25) is 0 Å². The lowest BCUT2D eigenvalue weighted by atomic mass is 9.98. The van der Waals surface area contributed by atoms with Gasteiger partial charge in [0.1, 0.15) is 0 Å². The van der Waals surface area contributed by atoms with Gasteiger partial charge in [-0.1, -0.05) is 37.8 Å². The Labute approximate surface area is 126 Å². The van der Waals surface area contributed by atoms with Crippen molar-refractivity contribution in [2.45, 2.75) is 20.8 Å². The fourth-order valence-electron chi connectivity index (χ4n) is 2.64. The molecule has 0 spiro atoms. The highest BCUT2D eigenvalue weighted by Crippen LogP contribution is 2.29. The molecular weight excluding hydrogens is 258 g/mol. The van der Waals surface area contributed by atoms with Gasteiger partial charge in [-0.3, -0.25) is 0 Å². The third kappa shape index (κ3) is 2.77. The van der Waals surface area contributed by atoms with Gasteiger partial charge in [0, 0.05) is 37.3 Å². The Kier molecular flexibility index (Phi) is 4.32. The normalized spacial score (nSPS) is 10.4. The van der Waals surface area contributed by atoms with Gasteiger partial charge in [0.15, 0.2) is 0 Å². The first-order chi connectivity index (χ1) is 9.66. The first kappa shape index (κ1) is 15.1. The molecule has 0 amide bonds. The van der Waals surface area contributed by atoms with E-state index in [4.69, 9.17) is 0 Å². The lowest BCUT2D eigenvalue weighted by Gasteiger charge is -2.17. The van der Waals surface area contributed by atoms with Crippen molar-refractivity contribution in [3.8, 4) is 0 Å². The molecule has 0 bridgehead atoms. The molecule has 0 radical (unpaired) electrons. The largest absolute Gasteiger partial charge is 0.377 e. The molecular formula is C18H23N3. The summed E-state index contributed by atoms with van der Waals surface area (Å²) < 4.78 is 0. The molecule has 2 aromatic carbocycles. The minimum Gasteiger partial charge on any atom is -0.377 e. The summed E-state index contributed by atoms with van der Waals surface area (Å²) in [6, 6.07) is 13.0. The number of benzene rings is 2. The molecule has 1 N–H and O–H groups in total. The molecule has 0 unspecified atom stereocenters. The summed E-state index contributed by atoms with van der Waals surface area (Å²) in [7, 11) is 4.17. The molecule has 3 nitrogen and oxygen atoms in total. The highest BCUT2D eigenvalue weighted by atomic mass is 15.1. The van der Waals surface area contributed by atoms with Crippen molar-refractivity contribution in [1.82, 2.24) is 9.97 Å². The smallest absolute Gasteiger partial charge is 0.0925 e. The molecule has 0 aliphatic rings. The van der Waals surface area contributed by atoms with Crippen LogP contribution in [0.1, 0.15) is 24.4 Å². The number of nitrogens with zero attached hydrogens (tertiary/aromatic N) is 2. The second kappa shape index (κ2) is 6.00. The van der Waals surface area contributed by atoms with Gasteiger partial charge in [0.25, 0.3) is 0 Å². The van der Waals surface area contributed by atoms with E-state index in [0.717, 1.165) is 17.8 Å². The molecule has 0 aliphatic heterocycles. The van der Waals surface area contributed by atoms with Crippen LogP contribution in [0.5, 0.6) is 0 Å². The summed E-state index contributed by atoms with van der Waals surface area (Å²) in [4.78, 5) is 9.72. The van der Waals surface area contributed by atoms with E-state index in [1.807, 2.05) is 0 Å². The van der Waals surface area contributed by atoms with Crippen molar-refractivity contribution < 1.29 is 0 Å². The number of imidazole rings is 1. The van der Waals surface area contributed by atoms with E-state index in [0.29, 0.717) is 0 Å². The Balaban J connectivity index is 0.00000161. The molecule has 3 heteroatoms. The van der Waals surface area contributed by atoms with Gasteiger partial charge < -0.3 is 9.88 Å². The second-order valence-corrected chi connectivity index (χ2v) is 5.33. The predicted molar refractivity (Wildman–Crippen MR) is 91.1 cm³/mol. The Morgan fingerprint density at radius 2 is 1.76 bits per heavy atom. The molecule has 1 heterocycles. The number of aryl methyl sites for hydroxylation is 1. The highest BCUT2D eigenvalue weighted by molar-refractivity contribution is 5.96. The molecule has 3 aromatic rings. The monoisotopic (exact) mass is 281 g/mol. The van der Waals surface area contributed by atoms with Crippen LogP contribution in [-0.2, 0) is 6.42 Å². The summed E-state index contributed by atoms with van der Waals surface area (Å²) in [6.07, 6.45) is 2.63. The highest BCUT2D eigenvalue weighted by Gasteiger charge is 2.09. The van der Waals surface area contributed by atoms with Crippen molar-refractivity contribution in [3.63, 3.8) is 0 Å². The average Bonchev–Trinajstić information content (AvgIpc) is 2.84. The number of aromatic amines is 1. The number of aromatic nitrogens is 2. The predicted octanol–water partition coefficient (Wildman–Crippen LogP) is 4.16. The maximum Gasteiger partial charge on any atom is 0.0925 e. The number of nitrogens with one attached hydrogen (secondary N) is 1. The van der Waals surface area contributed by atoms with Crippen LogP contribution in [-0.4, -0.2) is 24.1 Å². The minimum atomic E-state index is 0. The maximum atomic E-state index is 4.41. The molecule has 0 fully saturated rings. The van der Waals surface area contributed by atoms with E-state index in [9.17, 15) is 0 Å². The summed E-state index contributed by atoms with van der Waals surface area (Å²) in [5, 5.41) is 2.60. The third-order valence-electron chi connectivity index (χ3n) is 3.77. The molecule has 21 heavy (non-hydrogen) atoms. The molecule has 3 rings (SSSR count). The van der Waals surface area contributed by atoms with Gasteiger partial charge in [-0.2, -0.15) is 0 Å². The van der Waals surface area contributed by atoms with Crippen LogP contribution in [0.4, 0.5) is 5.69 Å². The van der Waals surface area contributed by atoms with E-state index >= 15 is 0 Å². The number of rotatable bonds is 3. The molecule has 0 atom stereocenters. The maximum absolute atomic E-state index is 4.41. The number of hydrogen-bond acceptors (Lipinski definition) is 2. The number of fused-ring (bicyclic) bond motifs is 1. The summed E-state index contributed by atoms with van der Waals surface area (Å²) in [5.74, 6) is 0. The zero-order valence-electron chi connectivity index (χ0n) is 12.1. The van der Waals surface area contributed by atoms with E-state index in [1.54, 1.807) is 6.33 Å². The molecule has 110 valence electrons. The summed E-state index contributed by atoms with van der Waals surface area (Å²) in [6.45, 7) is 2.07. The number of hydrogen-bond donors (Lipinski definition) is 1. The van der Waals surface area contributed by atoms with Crippen molar-refractivity contribution in [1.29, 1.82) is 0 Å². The van der Waals surface area contributed by atoms with Crippen molar-refractivity contribution in [2.75, 3.05) is 19.0 Å². The van der Waals surface area contributed by atoms with E-state index in [-0.39, 0.29) is 7.43 Å². The molecule has 0 saturated carbocycles. The minimum absolute atomic E-state index is 0. The van der Waals surface area contributed by atoms with Crippen LogP contribution in [0.25, 0.3) is 10.8 Å². The standard InChI is InChI=1S/C17H19N3.CH4/c1-12-16(19-11-18-12)10-13-8-9-17(20(2)3)15-7-5-4-6-14(13)15;/h4-9,11H,10H2,1-3H3,(H,18,19);1H4. The van der Waals surface area contributed by atoms with Gasteiger partial charge in [-0.05, 0) is 23.9 Å². The fourth-order valence-corrected chi connectivity index (χ4v) is 2.64. The quantitative estimate of drug-likeness (QED) is 0.781. The van der Waals surface area contributed by atoms with E-state index in [1.165, 1.54) is 22.0 Å². The molecule has 1 aromatic heterocycles. The zero-order chi connectivity index (χ0) is 14.1. The fraction of sp³-hybridized carbons (Fsp3) is 0.278. The number of anilines is 1. The van der Waals surface area contributed by atoms with Gasteiger partial charge >= 0.3 is 0 Å². The van der Waals surface area contributed by atoms with Crippen molar-refractivity contribution in [2.24, 2.45) is 0 Å². The first-order valence-electron chi connectivity index (χ1n) is 6.83. The van der Waals surface area contributed by atoms with Crippen LogP contribution < -0.4 is 4.90 Å². The van der Waals surface area contributed by atoms with Crippen molar-refractivity contribution in [3.05, 3.63) is 59.7 Å². The molecule has 0 saturated heterocycles. The van der Waals surface area contributed by atoms with Crippen LogP contribution >= 0.6 is 0 Å². The second-order valence-electron chi connectivity index (χ2n) is 5.33. The number of H-pyrrole nitrogens is 1. The van der Waals surface area contributed by atoms with Gasteiger partial charge in [-0.15, -0.1) is 0 Å². The molecule has 0 aliphatic carbocycles. The Bertz CT molecular complexity index is 741. The Morgan fingerprint density at radius 3 is 2.38 bits per heavy atom. The summed E-state index contributed by atoms with van der Waals surface area (Å²) in [5.41, 5.74) is 4.84. The Morgan fingerprint density at radius 1 is 1.05 bits per heavy atom. The summed E-state index contributed by atoms with van der Waals surface area (Å²) >= 11 is 0. The van der Waals surface area contributed by atoms with Crippen LogP contribution in [0, 0.1) is 6.92 Å². The lowest BCUT2D eigenvalue weighted by molar-refractivity contribution is 1.08.